The summed E-state index contributed by atoms with van der Waals surface area (Å²) in [5.41, 5.74) is 2.39. The Morgan fingerprint density at radius 1 is 1.12 bits per heavy atom. The number of nitrogens with zero attached hydrogens (tertiary/aromatic N) is 2. The number of allylic oxidation sites excluding steroid dienone is 1. The van der Waals surface area contributed by atoms with Gasteiger partial charge in [0.25, 0.3) is 0 Å². The SMILES string of the molecule is CC1=CC(c2ccc(Cl)c(Cl)c2)N(C)N1C. The Balaban J connectivity index is 2.35. The molecule has 86 valence electrons. The number of hydrazine groups is 1. The van der Waals surface area contributed by atoms with Crippen molar-refractivity contribution in [1.82, 2.24) is 10.0 Å². The van der Waals surface area contributed by atoms with Gasteiger partial charge in [-0.25, -0.2) is 5.01 Å². The van der Waals surface area contributed by atoms with Crippen LogP contribution in [0.15, 0.2) is 30.0 Å². The van der Waals surface area contributed by atoms with Gasteiger partial charge in [-0.15, -0.1) is 0 Å². The highest BCUT2D eigenvalue weighted by molar-refractivity contribution is 6.42. The lowest BCUT2D eigenvalue weighted by atomic mass is 10.1. The first-order valence-electron chi connectivity index (χ1n) is 5.10. The predicted molar refractivity (Wildman–Crippen MR) is 68.5 cm³/mol. The summed E-state index contributed by atoms with van der Waals surface area (Å²) in [7, 11) is 4.10. The van der Waals surface area contributed by atoms with Crippen molar-refractivity contribution in [2.24, 2.45) is 0 Å². The van der Waals surface area contributed by atoms with Gasteiger partial charge in [0.05, 0.1) is 16.1 Å². The Morgan fingerprint density at radius 2 is 1.81 bits per heavy atom. The minimum atomic E-state index is 0.236. The molecule has 16 heavy (non-hydrogen) atoms. The summed E-state index contributed by atoms with van der Waals surface area (Å²) in [4.78, 5) is 0. The molecule has 0 radical (unpaired) electrons. The van der Waals surface area contributed by atoms with Crippen LogP contribution in [0.1, 0.15) is 18.5 Å². The maximum absolute atomic E-state index is 6.03. The molecule has 4 heteroatoms. The predicted octanol–water partition coefficient (Wildman–Crippen LogP) is 3.73. The summed E-state index contributed by atoms with van der Waals surface area (Å²) in [5, 5.41) is 5.48. The Bertz CT molecular complexity index is 443. The van der Waals surface area contributed by atoms with Gasteiger partial charge in [-0.2, -0.15) is 0 Å². The van der Waals surface area contributed by atoms with E-state index in [1.165, 1.54) is 5.70 Å². The molecule has 0 bridgehead atoms. The quantitative estimate of drug-likeness (QED) is 0.756. The number of likely N-dealkylation sites (N-methyl/N-ethyl adjacent to an activating group) is 1. The molecule has 0 aromatic heterocycles. The smallest absolute Gasteiger partial charge is 0.0740 e. The van der Waals surface area contributed by atoms with E-state index in [4.69, 9.17) is 23.2 Å². The van der Waals surface area contributed by atoms with Gasteiger partial charge in [0.2, 0.25) is 0 Å². The maximum atomic E-state index is 6.03. The fourth-order valence-electron chi connectivity index (χ4n) is 1.89. The third kappa shape index (κ3) is 1.93. The van der Waals surface area contributed by atoms with Crippen molar-refractivity contribution >= 4 is 23.2 Å². The summed E-state index contributed by atoms with van der Waals surface area (Å²) in [6, 6.07) is 6.01. The fraction of sp³-hybridized carbons (Fsp3) is 0.333. The molecule has 1 heterocycles. The molecule has 2 rings (SSSR count). The first kappa shape index (κ1) is 11.8. The van der Waals surface area contributed by atoms with Crippen molar-refractivity contribution in [3.05, 3.63) is 45.6 Å². The van der Waals surface area contributed by atoms with Crippen LogP contribution in [0.5, 0.6) is 0 Å². The van der Waals surface area contributed by atoms with E-state index in [2.05, 4.69) is 30.1 Å². The van der Waals surface area contributed by atoms with Crippen LogP contribution >= 0.6 is 23.2 Å². The van der Waals surface area contributed by atoms with E-state index in [9.17, 15) is 0 Å². The van der Waals surface area contributed by atoms with E-state index in [0.717, 1.165) is 5.56 Å². The molecule has 0 aliphatic carbocycles. The Labute approximate surface area is 106 Å². The Morgan fingerprint density at radius 3 is 2.31 bits per heavy atom. The van der Waals surface area contributed by atoms with Crippen molar-refractivity contribution in [2.45, 2.75) is 13.0 Å². The van der Waals surface area contributed by atoms with Crippen LogP contribution in [0.3, 0.4) is 0 Å². The lowest BCUT2D eigenvalue weighted by Crippen LogP contribution is -2.31. The van der Waals surface area contributed by atoms with Gasteiger partial charge in [-0.3, -0.25) is 0 Å². The standard InChI is InChI=1S/C12H14Cl2N2/c1-8-6-12(16(3)15(8)2)9-4-5-10(13)11(14)7-9/h4-7,12H,1-3H3. The first-order valence-corrected chi connectivity index (χ1v) is 5.86. The molecular weight excluding hydrogens is 243 g/mol. The van der Waals surface area contributed by atoms with Gasteiger partial charge in [-0.05, 0) is 30.7 Å². The molecule has 1 aromatic carbocycles. The molecule has 0 N–H and O–H groups in total. The van der Waals surface area contributed by atoms with Crippen molar-refractivity contribution in [2.75, 3.05) is 14.1 Å². The Hall–Kier alpha value is -0.700. The summed E-state index contributed by atoms with van der Waals surface area (Å²) in [6.45, 7) is 2.09. The average molecular weight is 257 g/mol. The molecule has 0 saturated carbocycles. The van der Waals surface area contributed by atoms with Gasteiger partial charge in [0.15, 0.2) is 0 Å². The van der Waals surface area contributed by atoms with Crippen LogP contribution in [0, 0.1) is 0 Å². The second kappa shape index (κ2) is 4.28. The van der Waals surface area contributed by atoms with Gasteiger partial charge in [0.1, 0.15) is 0 Å². The zero-order chi connectivity index (χ0) is 11.9. The van der Waals surface area contributed by atoms with Crippen molar-refractivity contribution < 1.29 is 0 Å². The van der Waals surface area contributed by atoms with E-state index >= 15 is 0 Å². The normalized spacial score (nSPS) is 21.4. The molecule has 1 aliphatic rings. The number of rotatable bonds is 1. The second-order valence-electron chi connectivity index (χ2n) is 4.02. The Kier molecular flexibility index (Phi) is 3.15. The van der Waals surface area contributed by atoms with Crippen LogP contribution in [0.4, 0.5) is 0 Å². The van der Waals surface area contributed by atoms with Crippen molar-refractivity contribution in [3.63, 3.8) is 0 Å². The first-order chi connectivity index (χ1) is 7.50. The second-order valence-corrected chi connectivity index (χ2v) is 4.84. The van der Waals surface area contributed by atoms with Crippen LogP contribution in [0.25, 0.3) is 0 Å². The van der Waals surface area contributed by atoms with E-state index in [-0.39, 0.29) is 6.04 Å². The maximum Gasteiger partial charge on any atom is 0.0740 e. The summed E-state index contributed by atoms with van der Waals surface area (Å²) < 4.78 is 0. The zero-order valence-electron chi connectivity index (χ0n) is 9.54. The molecule has 0 fully saturated rings. The van der Waals surface area contributed by atoms with Gasteiger partial charge < -0.3 is 5.01 Å². The van der Waals surface area contributed by atoms with Crippen LogP contribution in [-0.2, 0) is 0 Å². The van der Waals surface area contributed by atoms with Gasteiger partial charge >= 0.3 is 0 Å². The molecule has 0 spiro atoms. The monoisotopic (exact) mass is 256 g/mol. The van der Waals surface area contributed by atoms with Crippen molar-refractivity contribution in [1.29, 1.82) is 0 Å². The highest BCUT2D eigenvalue weighted by atomic mass is 35.5. The third-order valence-electron chi connectivity index (χ3n) is 3.07. The number of hydrogen-bond donors (Lipinski definition) is 0. The van der Waals surface area contributed by atoms with E-state index < -0.39 is 0 Å². The zero-order valence-corrected chi connectivity index (χ0v) is 11.0. The molecule has 0 saturated heterocycles. The van der Waals surface area contributed by atoms with E-state index in [0.29, 0.717) is 10.0 Å². The summed E-state index contributed by atoms with van der Waals surface area (Å²) >= 11 is 11.9. The van der Waals surface area contributed by atoms with Crippen LogP contribution in [-0.4, -0.2) is 24.1 Å². The lowest BCUT2D eigenvalue weighted by molar-refractivity contribution is 0.0624. The molecule has 1 atom stereocenters. The van der Waals surface area contributed by atoms with Crippen LogP contribution in [0.2, 0.25) is 10.0 Å². The molecule has 0 amide bonds. The molecule has 2 nitrogen and oxygen atoms in total. The third-order valence-corrected chi connectivity index (χ3v) is 3.81. The fourth-order valence-corrected chi connectivity index (χ4v) is 2.19. The van der Waals surface area contributed by atoms with E-state index in [1.54, 1.807) is 0 Å². The van der Waals surface area contributed by atoms with Gasteiger partial charge in [-0.1, -0.05) is 29.3 Å². The number of hydrogen-bond acceptors (Lipinski definition) is 2. The minimum absolute atomic E-state index is 0.236. The lowest BCUT2D eigenvalue weighted by Gasteiger charge is -2.28. The average Bonchev–Trinajstić information content (AvgIpc) is 2.50. The molecule has 1 unspecified atom stereocenters. The molecule has 1 aromatic rings. The minimum Gasteiger partial charge on any atom is -0.313 e. The highest BCUT2D eigenvalue weighted by Gasteiger charge is 2.25. The van der Waals surface area contributed by atoms with Gasteiger partial charge in [0, 0.05) is 19.8 Å². The molecule has 1 aliphatic heterocycles. The van der Waals surface area contributed by atoms with Crippen LogP contribution < -0.4 is 0 Å². The van der Waals surface area contributed by atoms with Crippen molar-refractivity contribution in [3.8, 4) is 0 Å². The molecular formula is C12H14Cl2N2. The summed E-state index contributed by atoms with van der Waals surface area (Å²) in [5.74, 6) is 0. The highest BCUT2D eigenvalue weighted by Crippen LogP contribution is 2.33. The number of benzene rings is 1. The summed E-state index contributed by atoms with van der Waals surface area (Å²) in [6.07, 6.45) is 2.21. The van der Waals surface area contributed by atoms with E-state index in [1.807, 2.05) is 25.2 Å². The topological polar surface area (TPSA) is 6.48 Å². The largest absolute Gasteiger partial charge is 0.313 e. The number of halogens is 2.